The molecule has 1 fully saturated rings. The van der Waals surface area contributed by atoms with Gasteiger partial charge in [-0.05, 0) is 19.3 Å². The van der Waals surface area contributed by atoms with E-state index in [9.17, 15) is 4.79 Å². The third-order valence-electron chi connectivity index (χ3n) is 3.53. The van der Waals surface area contributed by atoms with Crippen LogP contribution in [0, 0.1) is 0 Å². The first-order valence-corrected chi connectivity index (χ1v) is 6.78. The van der Waals surface area contributed by atoms with Gasteiger partial charge in [-0.3, -0.25) is 0 Å². The fraction of sp³-hybridized carbons (Fsp3) is 0.312. The molecule has 1 saturated heterocycles. The van der Waals surface area contributed by atoms with Crippen molar-refractivity contribution in [1.29, 1.82) is 0 Å². The van der Waals surface area contributed by atoms with Crippen LogP contribution in [-0.4, -0.2) is 13.1 Å². The molecule has 0 spiro atoms. The van der Waals surface area contributed by atoms with Crippen LogP contribution in [0.2, 0.25) is 0 Å². The molecule has 2 heterocycles. The van der Waals surface area contributed by atoms with Gasteiger partial charge in [-0.15, -0.1) is 0 Å². The average molecular weight is 255 g/mol. The van der Waals surface area contributed by atoms with Crippen LogP contribution in [0.1, 0.15) is 19.3 Å². The lowest BCUT2D eigenvalue weighted by molar-refractivity contribution is 0.521. The molecule has 3 rings (SSSR count). The molecule has 1 aliphatic rings. The molecule has 1 aliphatic heterocycles. The van der Waals surface area contributed by atoms with Crippen molar-refractivity contribution in [3.05, 3.63) is 52.9 Å². The molecule has 1 aromatic carbocycles. The standard InChI is InChI=1S/C16H17NO2/c18-16-12-14(17-9-5-2-6-10-17)11-15(19-16)13-7-3-1-4-8-13/h1,3-4,7-8,11-12H,2,5-6,9-10H2. The van der Waals surface area contributed by atoms with E-state index in [0.717, 1.165) is 24.3 Å². The topological polar surface area (TPSA) is 33.5 Å². The summed E-state index contributed by atoms with van der Waals surface area (Å²) in [5, 5.41) is 0. The van der Waals surface area contributed by atoms with Gasteiger partial charge in [0.05, 0.1) is 0 Å². The second kappa shape index (κ2) is 5.31. The molecule has 0 atom stereocenters. The minimum Gasteiger partial charge on any atom is -0.423 e. The highest BCUT2D eigenvalue weighted by Crippen LogP contribution is 2.24. The molecule has 0 radical (unpaired) electrons. The first-order valence-electron chi connectivity index (χ1n) is 6.78. The second-order valence-corrected chi connectivity index (χ2v) is 4.91. The average Bonchev–Trinajstić information content (AvgIpc) is 2.48. The number of rotatable bonds is 2. The zero-order valence-corrected chi connectivity index (χ0v) is 10.8. The lowest BCUT2D eigenvalue weighted by atomic mass is 10.1. The van der Waals surface area contributed by atoms with Crippen LogP contribution < -0.4 is 10.5 Å². The maximum absolute atomic E-state index is 11.7. The van der Waals surface area contributed by atoms with E-state index in [0.29, 0.717) is 5.76 Å². The van der Waals surface area contributed by atoms with Crippen molar-refractivity contribution in [1.82, 2.24) is 0 Å². The number of hydrogen-bond donors (Lipinski definition) is 0. The number of benzene rings is 1. The molecule has 2 aromatic rings. The van der Waals surface area contributed by atoms with Crippen LogP contribution >= 0.6 is 0 Å². The molecule has 0 bridgehead atoms. The Morgan fingerprint density at radius 1 is 0.947 bits per heavy atom. The maximum Gasteiger partial charge on any atom is 0.338 e. The highest BCUT2D eigenvalue weighted by atomic mass is 16.4. The van der Waals surface area contributed by atoms with Crippen LogP contribution in [0.25, 0.3) is 11.3 Å². The summed E-state index contributed by atoms with van der Waals surface area (Å²) in [6.45, 7) is 2.05. The lowest BCUT2D eigenvalue weighted by Gasteiger charge is -2.28. The quantitative estimate of drug-likeness (QED) is 0.825. The predicted molar refractivity (Wildman–Crippen MR) is 76.5 cm³/mol. The Kier molecular flexibility index (Phi) is 3.36. The van der Waals surface area contributed by atoms with Crippen LogP contribution in [0.15, 0.2) is 51.7 Å². The Labute approximate surface area is 112 Å². The Balaban J connectivity index is 1.98. The summed E-state index contributed by atoms with van der Waals surface area (Å²) in [6.07, 6.45) is 3.67. The van der Waals surface area contributed by atoms with Gasteiger partial charge in [-0.25, -0.2) is 4.79 Å². The van der Waals surface area contributed by atoms with Gasteiger partial charge < -0.3 is 9.32 Å². The number of nitrogens with zero attached hydrogens (tertiary/aromatic N) is 1. The molecule has 3 heteroatoms. The monoisotopic (exact) mass is 255 g/mol. The number of anilines is 1. The summed E-state index contributed by atoms with van der Waals surface area (Å²) >= 11 is 0. The molecule has 0 saturated carbocycles. The number of hydrogen-bond acceptors (Lipinski definition) is 3. The zero-order valence-electron chi connectivity index (χ0n) is 10.8. The van der Waals surface area contributed by atoms with Gasteiger partial charge in [-0.1, -0.05) is 30.3 Å². The van der Waals surface area contributed by atoms with E-state index in [1.54, 1.807) is 6.07 Å². The molecule has 98 valence electrons. The van der Waals surface area contributed by atoms with Crippen LogP contribution in [-0.2, 0) is 0 Å². The summed E-state index contributed by atoms with van der Waals surface area (Å²) in [5.74, 6) is 0.647. The summed E-state index contributed by atoms with van der Waals surface area (Å²) in [7, 11) is 0. The zero-order chi connectivity index (χ0) is 13.1. The van der Waals surface area contributed by atoms with E-state index in [-0.39, 0.29) is 5.63 Å². The molecule has 0 N–H and O–H groups in total. The summed E-state index contributed by atoms with van der Waals surface area (Å²) in [5.41, 5.74) is 1.65. The molecule has 3 nitrogen and oxygen atoms in total. The van der Waals surface area contributed by atoms with Crippen molar-refractivity contribution in [3.8, 4) is 11.3 Å². The molecular weight excluding hydrogens is 238 g/mol. The van der Waals surface area contributed by atoms with Gasteiger partial charge in [0.15, 0.2) is 0 Å². The highest BCUT2D eigenvalue weighted by molar-refractivity contribution is 5.62. The van der Waals surface area contributed by atoms with E-state index in [1.807, 2.05) is 36.4 Å². The first-order chi connectivity index (χ1) is 9.33. The van der Waals surface area contributed by atoms with E-state index < -0.39 is 0 Å². The lowest BCUT2D eigenvalue weighted by Crippen LogP contribution is -2.30. The predicted octanol–water partition coefficient (Wildman–Crippen LogP) is 3.30. The normalized spacial score (nSPS) is 15.5. The minimum atomic E-state index is -0.276. The molecule has 0 amide bonds. The van der Waals surface area contributed by atoms with Gasteiger partial charge in [0, 0.05) is 36.5 Å². The Morgan fingerprint density at radius 3 is 2.42 bits per heavy atom. The fourth-order valence-corrected chi connectivity index (χ4v) is 2.54. The van der Waals surface area contributed by atoms with Crippen molar-refractivity contribution in [2.45, 2.75) is 19.3 Å². The summed E-state index contributed by atoms with van der Waals surface area (Å²) in [4.78, 5) is 14.0. The molecule has 19 heavy (non-hydrogen) atoms. The SMILES string of the molecule is O=c1cc(N2CCCCC2)cc(-c2ccccc2)o1. The Bertz CT molecular complexity index is 598. The van der Waals surface area contributed by atoms with Crippen molar-refractivity contribution in [2.75, 3.05) is 18.0 Å². The smallest absolute Gasteiger partial charge is 0.338 e. The third-order valence-corrected chi connectivity index (χ3v) is 3.53. The van der Waals surface area contributed by atoms with Crippen molar-refractivity contribution < 1.29 is 4.42 Å². The summed E-state index contributed by atoms with van der Waals surface area (Å²) in [6, 6.07) is 13.3. The van der Waals surface area contributed by atoms with Gasteiger partial charge in [-0.2, -0.15) is 0 Å². The maximum atomic E-state index is 11.7. The van der Waals surface area contributed by atoms with Gasteiger partial charge in [0.2, 0.25) is 0 Å². The van der Waals surface area contributed by atoms with E-state index in [1.165, 1.54) is 19.3 Å². The third kappa shape index (κ3) is 2.70. The van der Waals surface area contributed by atoms with Crippen LogP contribution in [0.3, 0.4) is 0 Å². The fourth-order valence-electron chi connectivity index (χ4n) is 2.54. The van der Waals surface area contributed by atoms with E-state index in [2.05, 4.69) is 4.90 Å². The highest BCUT2D eigenvalue weighted by Gasteiger charge is 2.13. The first kappa shape index (κ1) is 12.0. The van der Waals surface area contributed by atoms with Crippen molar-refractivity contribution >= 4 is 5.69 Å². The minimum absolute atomic E-state index is 0.276. The van der Waals surface area contributed by atoms with Crippen LogP contribution in [0.4, 0.5) is 5.69 Å². The largest absolute Gasteiger partial charge is 0.423 e. The number of piperidine rings is 1. The molecule has 1 aromatic heterocycles. The second-order valence-electron chi connectivity index (χ2n) is 4.91. The van der Waals surface area contributed by atoms with Gasteiger partial charge in [0.25, 0.3) is 0 Å². The van der Waals surface area contributed by atoms with Crippen molar-refractivity contribution in [3.63, 3.8) is 0 Å². The van der Waals surface area contributed by atoms with Gasteiger partial charge in [0.1, 0.15) is 5.76 Å². The van der Waals surface area contributed by atoms with Crippen molar-refractivity contribution in [2.24, 2.45) is 0 Å². The Morgan fingerprint density at radius 2 is 1.68 bits per heavy atom. The van der Waals surface area contributed by atoms with E-state index in [4.69, 9.17) is 4.42 Å². The summed E-state index contributed by atoms with van der Waals surface area (Å²) < 4.78 is 5.31. The molecular formula is C16H17NO2. The van der Waals surface area contributed by atoms with Gasteiger partial charge >= 0.3 is 5.63 Å². The van der Waals surface area contributed by atoms with E-state index >= 15 is 0 Å². The Hall–Kier alpha value is -2.03. The molecule has 0 unspecified atom stereocenters. The van der Waals surface area contributed by atoms with Crippen LogP contribution in [0.5, 0.6) is 0 Å². The molecule has 0 aliphatic carbocycles.